The molecule has 8 rings (SSSR count). The molecule has 40 heavy (non-hydrogen) atoms. The largest absolute Gasteiger partial charge is 0.486 e. The van der Waals surface area contributed by atoms with Crippen molar-refractivity contribution in [3.8, 4) is 34.8 Å². The Balaban J connectivity index is 1.49. The van der Waals surface area contributed by atoms with Gasteiger partial charge in [0.15, 0.2) is 11.5 Å². The average molecular weight is 516 g/mol. The first-order valence-electron chi connectivity index (χ1n) is 13.2. The van der Waals surface area contributed by atoms with Crippen LogP contribution in [-0.2, 0) is 5.41 Å². The first-order valence-corrected chi connectivity index (χ1v) is 13.2. The molecule has 0 saturated heterocycles. The number of anilines is 3. The van der Waals surface area contributed by atoms with E-state index in [4.69, 9.17) is 9.47 Å². The summed E-state index contributed by atoms with van der Waals surface area (Å²) < 4.78 is 11.8. The molecule has 2 aliphatic heterocycles. The molecule has 5 aromatic rings. The van der Waals surface area contributed by atoms with Crippen LogP contribution in [0.25, 0.3) is 11.1 Å². The van der Waals surface area contributed by atoms with Crippen LogP contribution in [0.5, 0.6) is 11.5 Å². The van der Waals surface area contributed by atoms with Gasteiger partial charge in [0.05, 0.1) is 45.7 Å². The van der Waals surface area contributed by atoms with Gasteiger partial charge in [-0.1, -0.05) is 48.5 Å². The highest BCUT2D eigenvalue weighted by Gasteiger charge is 2.52. The van der Waals surface area contributed by atoms with E-state index >= 15 is 0 Å². The van der Waals surface area contributed by atoms with Gasteiger partial charge in [-0.05, 0) is 81.9 Å². The quantitative estimate of drug-likeness (QED) is 0.229. The van der Waals surface area contributed by atoms with Crippen LogP contribution in [0.4, 0.5) is 17.1 Å². The fourth-order valence-electron chi connectivity index (χ4n) is 6.74. The van der Waals surface area contributed by atoms with Crippen molar-refractivity contribution in [1.82, 2.24) is 0 Å². The van der Waals surface area contributed by atoms with E-state index in [1.54, 1.807) is 0 Å². The Morgan fingerprint density at radius 1 is 0.575 bits per heavy atom. The maximum absolute atomic E-state index is 9.91. The van der Waals surface area contributed by atoms with Crippen molar-refractivity contribution in [3.05, 3.63) is 137 Å². The maximum Gasteiger partial charge on any atom is 0.163 e. The SMILES string of the molecule is N#Cc1ccc2c(c1)C1(c3cc(C#N)ccc3-2)c2ccccc2N(c2ccc3c(c2)OCCO3)c2ccccc21. The smallest absolute Gasteiger partial charge is 0.163 e. The van der Waals surface area contributed by atoms with Gasteiger partial charge >= 0.3 is 0 Å². The molecule has 1 spiro atoms. The summed E-state index contributed by atoms with van der Waals surface area (Å²) in [7, 11) is 0. The van der Waals surface area contributed by atoms with Crippen LogP contribution in [0.3, 0.4) is 0 Å². The number of rotatable bonds is 1. The van der Waals surface area contributed by atoms with E-state index in [2.05, 4.69) is 71.6 Å². The molecule has 5 nitrogen and oxygen atoms in total. The van der Waals surface area contributed by atoms with Gasteiger partial charge in [0.25, 0.3) is 0 Å². The highest BCUT2D eigenvalue weighted by atomic mass is 16.6. The van der Waals surface area contributed by atoms with E-state index in [1.807, 2.05) is 48.5 Å². The zero-order valence-electron chi connectivity index (χ0n) is 21.4. The Bertz CT molecular complexity index is 1850. The molecule has 188 valence electrons. The molecule has 1 aliphatic carbocycles. The van der Waals surface area contributed by atoms with Gasteiger partial charge in [-0.15, -0.1) is 0 Å². The summed E-state index contributed by atoms with van der Waals surface area (Å²) in [4.78, 5) is 2.27. The van der Waals surface area contributed by atoms with Gasteiger partial charge in [0.2, 0.25) is 0 Å². The molecule has 5 heteroatoms. The normalized spacial score (nSPS) is 14.8. The van der Waals surface area contributed by atoms with Gasteiger partial charge in [0, 0.05) is 6.07 Å². The monoisotopic (exact) mass is 515 g/mol. The van der Waals surface area contributed by atoms with E-state index in [0.717, 1.165) is 61.9 Å². The van der Waals surface area contributed by atoms with E-state index in [1.165, 1.54) is 0 Å². The molecule has 0 amide bonds. The van der Waals surface area contributed by atoms with Crippen molar-refractivity contribution in [3.63, 3.8) is 0 Å². The van der Waals surface area contributed by atoms with Crippen molar-refractivity contribution in [2.75, 3.05) is 18.1 Å². The minimum atomic E-state index is -0.706. The first kappa shape index (κ1) is 22.5. The molecule has 2 heterocycles. The van der Waals surface area contributed by atoms with Crippen molar-refractivity contribution < 1.29 is 9.47 Å². The number of benzene rings is 5. The van der Waals surface area contributed by atoms with E-state index in [-0.39, 0.29) is 0 Å². The Hall–Kier alpha value is -5.52. The lowest BCUT2D eigenvalue weighted by molar-refractivity contribution is 0.171. The predicted octanol–water partition coefficient (Wildman–Crippen LogP) is 7.35. The summed E-state index contributed by atoms with van der Waals surface area (Å²) in [5.74, 6) is 1.48. The molecule has 0 fully saturated rings. The lowest BCUT2D eigenvalue weighted by atomic mass is 9.64. The number of hydrogen-bond donors (Lipinski definition) is 0. The summed E-state index contributed by atoms with van der Waals surface area (Å²) in [6.45, 7) is 1.06. The third-order valence-corrected chi connectivity index (χ3v) is 8.28. The Labute approximate surface area is 231 Å². The highest BCUT2D eigenvalue weighted by molar-refractivity contribution is 5.96. The first-order chi connectivity index (χ1) is 19.7. The Kier molecular flexibility index (Phi) is 4.63. The van der Waals surface area contributed by atoms with Crippen molar-refractivity contribution in [2.45, 2.75) is 5.41 Å². The van der Waals surface area contributed by atoms with Crippen LogP contribution < -0.4 is 14.4 Å². The number of hydrogen-bond acceptors (Lipinski definition) is 5. The fourth-order valence-corrected chi connectivity index (χ4v) is 6.74. The Morgan fingerprint density at radius 3 is 1.70 bits per heavy atom. The molecule has 0 N–H and O–H groups in total. The number of nitrogens with zero attached hydrogens (tertiary/aromatic N) is 3. The van der Waals surface area contributed by atoms with Crippen LogP contribution >= 0.6 is 0 Å². The molecule has 0 atom stereocenters. The fraction of sp³-hybridized carbons (Fsp3) is 0.0857. The van der Waals surface area contributed by atoms with Gasteiger partial charge < -0.3 is 14.4 Å². The van der Waals surface area contributed by atoms with Gasteiger partial charge in [-0.25, -0.2) is 0 Å². The molecule has 0 saturated carbocycles. The molecule has 0 bridgehead atoms. The van der Waals surface area contributed by atoms with E-state index in [9.17, 15) is 10.5 Å². The van der Waals surface area contributed by atoms with Crippen LogP contribution in [-0.4, -0.2) is 13.2 Å². The number of fused-ring (bicyclic) bond motifs is 10. The van der Waals surface area contributed by atoms with Gasteiger partial charge in [-0.2, -0.15) is 10.5 Å². The summed E-state index contributed by atoms with van der Waals surface area (Å²) >= 11 is 0. The molecular formula is C35H21N3O2. The Morgan fingerprint density at radius 2 is 1.12 bits per heavy atom. The number of ether oxygens (including phenoxy) is 2. The summed E-state index contributed by atoms with van der Waals surface area (Å²) in [6, 6.07) is 39.5. The second kappa shape index (κ2) is 8.24. The van der Waals surface area contributed by atoms with Crippen LogP contribution in [0.2, 0.25) is 0 Å². The second-order valence-electron chi connectivity index (χ2n) is 10.2. The molecule has 5 aromatic carbocycles. The van der Waals surface area contributed by atoms with Crippen molar-refractivity contribution in [2.24, 2.45) is 0 Å². The molecular weight excluding hydrogens is 494 g/mol. The minimum absolute atomic E-state index is 0.517. The predicted molar refractivity (Wildman–Crippen MR) is 152 cm³/mol. The van der Waals surface area contributed by atoms with Crippen molar-refractivity contribution >= 4 is 17.1 Å². The maximum atomic E-state index is 9.91. The van der Waals surface area contributed by atoms with E-state index in [0.29, 0.717) is 24.3 Å². The summed E-state index contributed by atoms with van der Waals surface area (Å²) in [6.07, 6.45) is 0. The molecule has 0 unspecified atom stereocenters. The second-order valence-corrected chi connectivity index (χ2v) is 10.2. The third kappa shape index (κ3) is 2.84. The highest BCUT2D eigenvalue weighted by Crippen LogP contribution is 2.63. The van der Waals surface area contributed by atoms with Gasteiger partial charge in [-0.3, -0.25) is 0 Å². The standard InChI is InChI=1S/C35H21N3O2/c36-20-22-9-12-25-26-13-10-23(21-37)18-30(26)35(29(25)17-22)27-5-1-3-7-31(27)38(32-8-4-2-6-28(32)35)24-11-14-33-34(19-24)40-16-15-39-33/h1-14,17-19H,15-16H2. The van der Waals surface area contributed by atoms with Crippen LogP contribution in [0, 0.1) is 22.7 Å². The summed E-state index contributed by atoms with van der Waals surface area (Å²) in [5.41, 5.74) is 9.98. The topological polar surface area (TPSA) is 69.3 Å². The number of nitriles is 2. The molecule has 3 aliphatic rings. The summed E-state index contributed by atoms with van der Waals surface area (Å²) in [5, 5.41) is 19.8. The average Bonchev–Trinajstić information content (AvgIpc) is 3.30. The van der Waals surface area contributed by atoms with Crippen LogP contribution in [0.15, 0.2) is 103 Å². The third-order valence-electron chi connectivity index (χ3n) is 8.28. The molecule has 0 aromatic heterocycles. The van der Waals surface area contributed by atoms with Crippen molar-refractivity contribution in [1.29, 1.82) is 10.5 Å². The lowest BCUT2D eigenvalue weighted by Crippen LogP contribution is -2.36. The zero-order chi connectivity index (χ0) is 26.8. The van der Waals surface area contributed by atoms with Gasteiger partial charge in [0.1, 0.15) is 13.2 Å². The minimum Gasteiger partial charge on any atom is -0.486 e. The van der Waals surface area contributed by atoms with E-state index < -0.39 is 5.41 Å². The zero-order valence-corrected chi connectivity index (χ0v) is 21.4. The lowest BCUT2D eigenvalue weighted by Gasteiger charge is -2.45. The number of para-hydroxylation sites is 2. The van der Waals surface area contributed by atoms with Crippen LogP contribution in [0.1, 0.15) is 33.4 Å². The molecule has 0 radical (unpaired) electrons.